The van der Waals surface area contributed by atoms with Gasteiger partial charge in [-0.25, -0.2) is 13.1 Å². The Morgan fingerprint density at radius 2 is 2.29 bits per heavy atom. The average Bonchev–Trinajstić information content (AvgIpc) is 2.85. The van der Waals surface area contributed by atoms with Gasteiger partial charge in [-0.15, -0.1) is 0 Å². The molecule has 0 unspecified atom stereocenters. The van der Waals surface area contributed by atoms with Crippen LogP contribution in [-0.4, -0.2) is 48.5 Å². The highest BCUT2D eigenvalue weighted by Crippen LogP contribution is 2.34. The molecule has 1 saturated carbocycles. The van der Waals surface area contributed by atoms with Gasteiger partial charge in [0, 0.05) is 19.9 Å². The molecule has 0 spiro atoms. The van der Waals surface area contributed by atoms with E-state index >= 15 is 0 Å². The molecule has 1 aromatic heterocycles. The Kier molecular flexibility index (Phi) is 4.64. The summed E-state index contributed by atoms with van der Waals surface area (Å²) < 4.78 is 33.5. The molecule has 0 aliphatic heterocycles. The number of ether oxygens (including phenoxy) is 1. The lowest BCUT2D eigenvalue weighted by Crippen LogP contribution is -2.49. The first-order valence-corrected chi connectivity index (χ1v) is 8.14. The van der Waals surface area contributed by atoms with Gasteiger partial charge in [-0.3, -0.25) is 9.48 Å². The zero-order valence-electron chi connectivity index (χ0n) is 11.8. The van der Waals surface area contributed by atoms with Gasteiger partial charge in [0.25, 0.3) is 0 Å². The van der Waals surface area contributed by atoms with E-state index in [1.807, 2.05) is 0 Å². The second-order valence-electron chi connectivity index (χ2n) is 5.15. The summed E-state index contributed by atoms with van der Waals surface area (Å²) in [5.74, 6) is -0.958. The highest BCUT2D eigenvalue weighted by molar-refractivity contribution is 7.89. The number of hydrogen-bond acceptors (Lipinski definition) is 5. The fraction of sp³-hybridized carbons (Fsp3) is 0.667. The van der Waals surface area contributed by atoms with Crippen LogP contribution in [0.15, 0.2) is 17.3 Å². The predicted molar refractivity (Wildman–Crippen MR) is 73.3 cm³/mol. The second kappa shape index (κ2) is 6.12. The van der Waals surface area contributed by atoms with Crippen LogP contribution in [0.4, 0.5) is 0 Å². The van der Waals surface area contributed by atoms with Gasteiger partial charge in [0.15, 0.2) is 0 Å². The Balaban J connectivity index is 1.97. The van der Waals surface area contributed by atoms with Crippen molar-refractivity contribution in [1.82, 2.24) is 14.5 Å². The standard InChI is InChI=1S/C12H19N3O5S/c1-20-12(4-2-5-12)9-14-21(18,19)10-7-13-15(8-10)6-3-11(16)17/h7-8,14H,2-6,9H2,1H3,(H,16,17). The van der Waals surface area contributed by atoms with Gasteiger partial charge in [0.05, 0.1) is 24.8 Å². The minimum Gasteiger partial charge on any atom is -0.481 e. The number of rotatable bonds is 8. The van der Waals surface area contributed by atoms with Crippen LogP contribution in [0.1, 0.15) is 25.7 Å². The fourth-order valence-corrected chi connectivity index (χ4v) is 3.22. The van der Waals surface area contributed by atoms with Gasteiger partial charge in [-0.2, -0.15) is 5.10 Å². The molecule has 0 bridgehead atoms. The topological polar surface area (TPSA) is 111 Å². The zero-order valence-corrected chi connectivity index (χ0v) is 12.6. The van der Waals surface area contributed by atoms with Gasteiger partial charge < -0.3 is 9.84 Å². The van der Waals surface area contributed by atoms with E-state index in [0.717, 1.165) is 19.3 Å². The molecule has 0 saturated heterocycles. The van der Waals surface area contributed by atoms with Crippen molar-refractivity contribution in [3.8, 4) is 0 Å². The third-order valence-corrected chi connectivity index (χ3v) is 5.11. The lowest BCUT2D eigenvalue weighted by Gasteiger charge is -2.40. The average molecular weight is 317 g/mol. The minimum atomic E-state index is -3.66. The van der Waals surface area contributed by atoms with Gasteiger partial charge in [-0.05, 0) is 19.3 Å². The van der Waals surface area contributed by atoms with Crippen molar-refractivity contribution < 1.29 is 23.1 Å². The molecule has 0 amide bonds. The zero-order chi connectivity index (χ0) is 15.5. The van der Waals surface area contributed by atoms with Gasteiger partial charge >= 0.3 is 5.97 Å². The number of carboxylic acids is 1. The molecule has 1 aliphatic carbocycles. The molecule has 8 nitrogen and oxygen atoms in total. The van der Waals surface area contributed by atoms with E-state index in [0.29, 0.717) is 0 Å². The third kappa shape index (κ3) is 3.80. The molecular weight excluding hydrogens is 298 g/mol. The van der Waals surface area contributed by atoms with E-state index < -0.39 is 21.6 Å². The van der Waals surface area contributed by atoms with E-state index in [1.165, 1.54) is 17.1 Å². The Morgan fingerprint density at radius 3 is 2.81 bits per heavy atom. The van der Waals surface area contributed by atoms with Crippen LogP contribution in [0.25, 0.3) is 0 Å². The molecule has 0 radical (unpaired) electrons. The van der Waals surface area contributed by atoms with Crippen LogP contribution in [0.2, 0.25) is 0 Å². The Morgan fingerprint density at radius 1 is 1.57 bits per heavy atom. The number of nitrogens with one attached hydrogen (secondary N) is 1. The Labute approximate surface area is 123 Å². The van der Waals surface area contributed by atoms with Crippen LogP contribution in [0.5, 0.6) is 0 Å². The largest absolute Gasteiger partial charge is 0.481 e. The monoisotopic (exact) mass is 317 g/mol. The Bertz CT molecular complexity index is 601. The maximum Gasteiger partial charge on any atom is 0.305 e. The number of aromatic nitrogens is 2. The molecule has 2 N–H and O–H groups in total. The summed E-state index contributed by atoms with van der Waals surface area (Å²) in [5, 5.41) is 12.4. The van der Waals surface area contributed by atoms with Gasteiger partial charge in [0.1, 0.15) is 4.90 Å². The van der Waals surface area contributed by atoms with Crippen molar-refractivity contribution in [1.29, 1.82) is 0 Å². The van der Waals surface area contributed by atoms with Gasteiger partial charge in [0.2, 0.25) is 10.0 Å². The minimum absolute atomic E-state index is 0.0264. The molecule has 1 aromatic rings. The van der Waals surface area contributed by atoms with Crippen LogP contribution in [0, 0.1) is 0 Å². The number of aryl methyl sites for hydroxylation is 1. The van der Waals surface area contributed by atoms with Crippen LogP contribution >= 0.6 is 0 Å². The first-order valence-electron chi connectivity index (χ1n) is 6.66. The number of carboxylic acid groups (broad SMARTS) is 1. The molecular formula is C12H19N3O5S. The summed E-state index contributed by atoms with van der Waals surface area (Å²) in [6.45, 7) is 0.360. The predicted octanol–water partition coefficient (Wildman–Crippen LogP) is 0.205. The normalized spacial score (nSPS) is 17.4. The van der Waals surface area contributed by atoms with Crippen LogP contribution in [-0.2, 0) is 26.1 Å². The SMILES string of the molecule is COC1(CNS(=O)(=O)c2cnn(CCC(=O)O)c2)CCC1. The molecule has 1 aliphatic rings. The second-order valence-corrected chi connectivity index (χ2v) is 6.92. The summed E-state index contributed by atoms with van der Waals surface area (Å²) in [6.07, 6.45) is 5.13. The summed E-state index contributed by atoms with van der Waals surface area (Å²) in [4.78, 5) is 10.5. The third-order valence-electron chi connectivity index (χ3n) is 3.76. The Hall–Kier alpha value is -1.45. The number of hydrogen-bond donors (Lipinski definition) is 2. The number of nitrogens with zero attached hydrogens (tertiary/aromatic N) is 2. The van der Waals surface area contributed by atoms with Crippen molar-refractivity contribution in [2.75, 3.05) is 13.7 Å². The molecule has 0 aromatic carbocycles. The molecule has 2 rings (SSSR count). The van der Waals surface area contributed by atoms with E-state index in [1.54, 1.807) is 7.11 Å². The maximum atomic E-state index is 12.1. The highest BCUT2D eigenvalue weighted by Gasteiger charge is 2.38. The number of methoxy groups -OCH3 is 1. The number of sulfonamides is 1. The van der Waals surface area contributed by atoms with Crippen LogP contribution < -0.4 is 4.72 Å². The lowest BCUT2D eigenvalue weighted by molar-refractivity contribution is -0.137. The first-order chi connectivity index (χ1) is 9.87. The van der Waals surface area contributed by atoms with Gasteiger partial charge in [-0.1, -0.05) is 0 Å². The fourth-order valence-electron chi connectivity index (χ4n) is 2.15. The highest BCUT2D eigenvalue weighted by atomic mass is 32.2. The summed E-state index contributed by atoms with van der Waals surface area (Å²) in [6, 6.07) is 0. The molecule has 1 fully saturated rings. The number of aliphatic carboxylic acids is 1. The summed E-state index contributed by atoms with van der Waals surface area (Å²) in [7, 11) is -2.08. The molecule has 0 atom stereocenters. The van der Waals surface area contributed by atoms with E-state index in [-0.39, 0.29) is 24.4 Å². The lowest BCUT2D eigenvalue weighted by atomic mass is 9.80. The quantitative estimate of drug-likeness (QED) is 0.709. The smallest absolute Gasteiger partial charge is 0.305 e. The van der Waals surface area contributed by atoms with Crippen molar-refractivity contribution in [3.05, 3.63) is 12.4 Å². The molecule has 9 heteroatoms. The van der Waals surface area contributed by atoms with Crippen LogP contribution in [0.3, 0.4) is 0 Å². The van der Waals surface area contributed by atoms with E-state index in [9.17, 15) is 13.2 Å². The van der Waals surface area contributed by atoms with E-state index in [2.05, 4.69) is 9.82 Å². The van der Waals surface area contributed by atoms with Crippen molar-refractivity contribution in [2.45, 2.75) is 42.7 Å². The van der Waals surface area contributed by atoms with Crippen molar-refractivity contribution >= 4 is 16.0 Å². The molecule has 21 heavy (non-hydrogen) atoms. The maximum absolute atomic E-state index is 12.1. The summed E-state index contributed by atoms with van der Waals surface area (Å²) in [5.41, 5.74) is -0.396. The van der Waals surface area contributed by atoms with E-state index in [4.69, 9.17) is 9.84 Å². The van der Waals surface area contributed by atoms with Crippen molar-refractivity contribution in [2.24, 2.45) is 0 Å². The first kappa shape index (κ1) is 15.9. The number of carbonyl (C=O) groups is 1. The molecule has 118 valence electrons. The molecule has 1 heterocycles. The van der Waals surface area contributed by atoms with Crippen molar-refractivity contribution in [3.63, 3.8) is 0 Å². The summed E-state index contributed by atoms with van der Waals surface area (Å²) >= 11 is 0.